The third-order valence-electron chi connectivity index (χ3n) is 9.72. The molecule has 2 aromatic heterocycles. The molecule has 0 radical (unpaired) electrons. The van der Waals surface area contributed by atoms with Crippen molar-refractivity contribution in [3.63, 3.8) is 0 Å². The predicted molar refractivity (Wildman–Crippen MR) is 204 cm³/mol. The Balaban J connectivity index is 1.18. The monoisotopic (exact) mass is 706 g/mol. The van der Waals surface area contributed by atoms with Crippen molar-refractivity contribution < 1.29 is 14.3 Å². The number of benzene rings is 4. The van der Waals surface area contributed by atoms with Gasteiger partial charge in [-0.05, 0) is 104 Å². The highest BCUT2D eigenvalue weighted by molar-refractivity contribution is 7.22. The largest absolute Gasteiger partial charge is 0.506 e. The number of aromatic hydroxyl groups is 1. The predicted octanol–water partition coefficient (Wildman–Crippen LogP) is 9.90. The Bertz CT molecular complexity index is 2270. The number of urea groups is 1. The van der Waals surface area contributed by atoms with Gasteiger partial charge in [-0.25, -0.2) is 19.2 Å². The number of para-hydroxylation sites is 2. The minimum Gasteiger partial charge on any atom is -0.506 e. The average molecular weight is 707 g/mol. The van der Waals surface area contributed by atoms with Gasteiger partial charge >= 0.3 is 6.03 Å². The Kier molecular flexibility index (Phi) is 8.04. The second kappa shape index (κ2) is 12.3. The number of nitrogens with one attached hydrogen (secondary N) is 2. The van der Waals surface area contributed by atoms with E-state index in [2.05, 4.69) is 52.3 Å². The molecule has 0 atom stereocenters. The van der Waals surface area contributed by atoms with E-state index in [9.17, 15) is 14.3 Å². The van der Waals surface area contributed by atoms with Gasteiger partial charge in [0.1, 0.15) is 16.6 Å². The van der Waals surface area contributed by atoms with Gasteiger partial charge in [-0.3, -0.25) is 5.32 Å². The number of amides is 2. The maximum absolute atomic E-state index is 14.2. The van der Waals surface area contributed by atoms with Crippen LogP contribution < -0.4 is 15.5 Å². The van der Waals surface area contributed by atoms with Crippen molar-refractivity contribution in [2.45, 2.75) is 46.0 Å². The number of fused-ring (bicyclic) bond motifs is 4. The summed E-state index contributed by atoms with van der Waals surface area (Å²) in [6.45, 7) is 12.3. The Labute approximate surface area is 298 Å². The smallest absolute Gasteiger partial charge is 0.325 e. The summed E-state index contributed by atoms with van der Waals surface area (Å²) in [4.78, 5) is 27.7. The molecule has 0 saturated carbocycles. The first-order chi connectivity index (χ1) is 23.9. The number of nitrogens with zero attached hydrogens (tertiary/aromatic N) is 4. The molecular formula is C39H39FN6O2S2. The van der Waals surface area contributed by atoms with Gasteiger partial charge in [0.25, 0.3) is 0 Å². The molecule has 1 spiro atoms. The van der Waals surface area contributed by atoms with E-state index in [0.29, 0.717) is 17.4 Å². The number of hydrogen-bond acceptors (Lipinski definition) is 8. The minimum absolute atomic E-state index is 0.175. The molecule has 8 rings (SSSR count). The fourth-order valence-corrected chi connectivity index (χ4v) is 9.60. The normalized spacial score (nSPS) is 16.0. The first-order valence-corrected chi connectivity index (χ1v) is 18.6. The fourth-order valence-electron chi connectivity index (χ4n) is 7.62. The Hall–Kier alpha value is -4.58. The number of thiazole rings is 2. The van der Waals surface area contributed by atoms with Crippen LogP contribution in [0.25, 0.3) is 31.0 Å². The van der Waals surface area contributed by atoms with Gasteiger partial charge in [-0.15, -0.1) is 11.3 Å². The van der Waals surface area contributed by atoms with Gasteiger partial charge in [0, 0.05) is 24.1 Å². The SMILES string of the molecule is Cc1ccc2nc(NC(=O)Nc3ccccc3N3CC4(CCN(CC(C)(C)C)CC4)c4c(-c5nc6ccc(F)cc6s5)ccc(O)c43)sc2c1. The maximum Gasteiger partial charge on any atom is 0.325 e. The number of likely N-dealkylation sites (tertiary alicyclic amines) is 1. The van der Waals surface area contributed by atoms with Crippen LogP contribution in [0.4, 0.5) is 31.4 Å². The molecule has 2 amide bonds. The van der Waals surface area contributed by atoms with Crippen LogP contribution in [0.3, 0.4) is 0 Å². The summed E-state index contributed by atoms with van der Waals surface area (Å²) in [5.74, 6) is -0.113. The summed E-state index contributed by atoms with van der Waals surface area (Å²) in [7, 11) is 0. The van der Waals surface area contributed by atoms with E-state index in [0.717, 1.165) is 86.0 Å². The summed E-state index contributed by atoms with van der Waals surface area (Å²) >= 11 is 2.91. The molecular weight excluding hydrogens is 668 g/mol. The molecule has 8 nitrogen and oxygen atoms in total. The van der Waals surface area contributed by atoms with Crippen molar-refractivity contribution >= 4 is 71.3 Å². The molecule has 256 valence electrons. The number of aromatic nitrogens is 2. The van der Waals surface area contributed by atoms with Crippen molar-refractivity contribution in [3.05, 3.63) is 89.7 Å². The molecule has 4 heterocycles. The lowest BCUT2D eigenvalue weighted by molar-refractivity contribution is 0.125. The first-order valence-electron chi connectivity index (χ1n) is 16.9. The van der Waals surface area contributed by atoms with Gasteiger partial charge in [0.05, 0.1) is 37.5 Å². The average Bonchev–Trinajstić information content (AvgIpc) is 3.76. The maximum atomic E-state index is 14.2. The van der Waals surface area contributed by atoms with Crippen LogP contribution in [0.5, 0.6) is 5.75 Å². The number of carbonyl (C=O) groups is 1. The summed E-state index contributed by atoms with van der Waals surface area (Å²) in [5, 5.41) is 19.0. The highest BCUT2D eigenvalue weighted by Gasteiger charge is 2.49. The van der Waals surface area contributed by atoms with E-state index in [-0.39, 0.29) is 22.4 Å². The van der Waals surface area contributed by atoms with E-state index in [1.807, 2.05) is 49.4 Å². The topological polar surface area (TPSA) is 93.6 Å². The lowest BCUT2D eigenvalue weighted by atomic mass is 9.72. The zero-order valence-electron chi connectivity index (χ0n) is 28.5. The molecule has 11 heteroatoms. The minimum atomic E-state index is -0.391. The third kappa shape index (κ3) is 6.07. The second-order valence-electron chi connectivity index (χ2n) is 14.8. The molecule has 4 aromatic carbocycles. The van der Waals surface area contributed by atoms with Gasteiger partial charge in [-0.2, -0.15) is 0 Å². The Morgan fingerprint density at radius 1 is 0.940 bits per heavy atom. The van der Waals surface area contributed by atoms with Crippen molar-refractivity contribution in [2.24, 2.45) is 5.41 Å². The number of carbonyl (C=O) groups excluding carboxylic acids is 1. The molecule has 2 aliphatic heterocycles. The molecule has 0 aliphatic carbocycles. The number of phenolic OH excluding ortho intramolecular Hbond substituents is 1. The van der Waals surface area contributed by atoms with Gasteiger partial charge in [-0.1, -0.05) is 50.3 Å². The molecule has 0 unspecified atom stereocenters. The van der Waals surface area contributed by atoms with Crippen LogP contribution in [0.15, 0.2) is 72.8 Å². The number of anilines is 4. The van der Waals surface area contributed by atoms with E-state index in [1.54, 1.807) is 12.1 Å². The molecule has 1 saturated heterocycles. The van der Waals surface area contributed by atoms with Crippen LogP contribution in [0.1, 0.15) is 44.7 Å². The highest BCUT2D eigenvalue weighted by atomic mass is 32.1. The van der Waals surface area contributed by atoms with Crippen molar-refractivity contribution in [2.75, 3.05) is 41.7 Å². The van der Waals surface area contributed by atoms with Crippen LogP contribution in [-0.4, -0.2) is 52.2 Å². The number of rotatable bonds is 5. The molecule has 2 aliphatic rings. The summed E-state index contributed by atoms with van der Waals surface area (Å²) in [6.07, 6.45) is 1.80. The van der Waals surface area contributed by atoms with Crippen LogP contribution >= 0.6 is 22.7 Å². The fraction of sp³-hybridized carbons (Fsp3) is 0.308. The lowest BCUT2D eigenvalue weighted by Gasteiger charge is -2.42. The van der Waals surface area contributed by atoms with E-state index < -0.39 is 6.03 Å². The molecule has 0 bridgehead atoms. The van der Waals surface area contributed by atoms with E-state index in [1.165, 1.54) is 34.8 Å². The summed E-state index contributed by atoms with van der Waals surface area (Å²) in [5.41, 5.74) is 6.79. The Morgan fingerprint density at radius 3 is 2.48 bits per heavy atom. The number of halogens is 1. The lowest BCUT2D eigenvalue weighted by Crippen LogP contribution is -2.47. The molecule has 1 fully saturated rings. The van der Waals surface area contributed by atoms with Crippen LogP contribution in [0, 0.1) is 18.2 Å². The third-order valence-corrected chi connectivity index (χ3v) is 11.7. The molecule has 6 aromatic rings. The molecule has 50 heavy (non-hydrogen) atoms. The molecule has 3 N–H and O–H groups in total. The second-order valence-corrected chi connectivity index (χ2v) is 16.8. The standard InChI is InChI=1S/C39H39FN6O2S2/c1-23-9-12-28-31(19-23)50-37(43-28)44-36(48)42-26-7-5-6-8-29(26)46-22-39(15-17-45(18-16-39)21-38(2,3)4)33-25(11-14-30(47)34(33)46)35-41-27-13-10-24(40)20-32(27)49-35/h5-14,19-20,47H,15-18,21-22H2,1-4H3,(H2,42,43,44,48). The van der Waals surface area contributed by atoms with Crippen LogP contribution in [-0.2, 0) is 5.41 Å². The van der Waals surface area contributed by atoms with Crippen molar-refractivity contribution in [1.29, 1.82) is 0 Å². The van der Waals surface area contributed by atoms with Crippen molar-refractivity contribution in [1.82, 2.24) is 14.9 Å². The zero-order valence-corrected chi connectivity index (χ0v) is 30.1. The van der Waals surface area contributed by atoms with Gasteiger partial charge < -0.3 is 20.2 Å². The summed E-state index contributed by atoms with van der Waals surface area (Å²) in [6, 6.07) is 21.8. The first kappa shape index (κ1) is 32.6. The number of aryl methyl sites for hydroxylation is 1. The highest BCUT2D eigenvalue weighted by Crippen LogP contribution is 2.57. The van der Waals surface area contributed by atoms with Gasteiger partial charge in [0.15, 0.2) is 5.13 Å². The van der Waals surface area contributed by atoms with Crippen LogP contribution in [0.2, 0.25) is 0 Å². The quantitative estimate of drug-likeness (QED) is 0.165. The number of phenols is 1. The van der Waals surface area contributed by atoms with Gasteiger partial charge in [0.2, 0.25) is 0 Å². The number of piperidine rings is 1. The van der Waals surface area contributed by atoms with E-state index >= 15 is 0 Å². The summed E-state index contributed by atoms with van der Waals surface area (Å²) < 4.78 is 16.0. The number of hydrogen-bond donors (Lipinski definition) is 3. The van der Waals surface area contributed by atoms with E-state index in [4.69, 9.17) is 4.98 Å². The Morgan fingerprint density at radius 2 is 1.68 bits per heavy atom. The zero-order chi connectivity index (χ0) is 34.8. The van der Waals surface area contributed by atoms with Crippen molar-refractivity contribution in [3.8, 4) is 16.3 Å².